The summed E-state index contributed by atoms with van der Waals surface area (Å²) in [5, 5.41) is 1.00. The van der Waals surface area contributed by atoms with E-state index in [9.17, 15) is 19.2 Å². The Kier molecular flexibility index (Phi) is 12.5. The van der Waals surface area contributed by atoms with Crippen molar-refractivity contribution in [3.63, 3.8) is 0 Å². The van der Waals surface area contributed by atoms with E-state index < -0.39 is 5.92 Å². The monoisotopic (exact) mass is 712 g/mol. The van der Waals surface area contributed by atoms with Crippen LogP contribution in [0.2, 0.25) is 0 Å². The van der Waals surface area contributed by atoms with Crippen molar-refractivity contribution >= 4 is 55.4 Å². The van der Waals surface area contributed by atoms with E-state index in [0.29, 0.717) is 38.5 Å². The fourth-order valence-corrected chi connectivity index (χ4v) is 6.26. The highest BCUT2D eigenvalue weighted by Crippen LogP contribution is 2.34. The molecule has 0 heterocycles. The number of hydrogen-bond donors (Lipinski definition) is 0. The van der Waals surface area contributed by atoms with Gasteiger partial charge in [0.25, 0.3) is 0 Å². The number of carbonyl (C=O) groups is 4. The van der Waals surface area contributed by atoms with E-state index in [1.165, 1.54) is 0 Å². The molecule has 3 aromatic carbocycles. The Hall–Kier alpha value is -3.10. The zero-order chi connectivity index (χ0) is 31.8. The summed E-state index contributed by atoms with van der Waals surface area (Å²) in [6.07, 6.45) is 0.487. The van der Waals surface area contributed by atoms with Crippen LogP contribution in [-0.2, 0) is 32.3 Å². The number of aryl methyl sites for hydroxylation is 4. The van der Waals surface area contributed by atoms with E-state index in [4.69, 9.17) is 9.47 Å². The van der Waals surface area contributed by atoms with Gasteiger partial charge in [0, 0.05) is 21.8 Å². The maximum absolute atomic E-state index is 14.6. The van der Waals surface area contributed by atoms with E-state index in [2.05, 4.69) is 31.9 Å². The second-order valence-electron chi connectivity index (χ2n) is 10.7. The van der Waals surface area contributed by atoms with Crippen molar-refractivity contribution in [2.24, 2.45) is 0 Å². The first-order chi connectivity index (χ1) is 20.4. The molecule has 0 radical (unpaired) electrons. The van der Waals surface area contributed by atoms with Crippen LogP contribution in [0.1, 0.15) is 89.5 Å². The average Bonchev–Trinajstić information content (AvgIpc) is 2.93. The van der Waals surface area contributed by atoms with Gasteiger partial charge in [-0.15, -0.1) is 0 Å². The third kappa shape index (κ3) is 8.09. The maximum atomic E-state index is 14.6. The first-order valence-corrected chi connectivity index (χ1v) is 16.4. The number of halogens is 2. The summed E-state index contributed by atoms with van der Waals surface area (Å²) in [7, 11) is 0. The highest BCUT2D eigenvalue weighted by molar-refractivity contribution is 9.09. The predicted molar refractivity (Wildman–Crippen MR) is 176 cm³/mol. The molecule has 0 fully saturated rings. The first-order valence-electron chi connectivity index (χ1n) is 14.2. The molecule has 3 aromatic rings. The Labute approximate surface area is 270 Å². The largest absolute Gasteiger partial charge is 0.461 e. The predicted octanol–water partition coefficient (Wildman–Crippen LogP) is 8.04. The van der Waals surface area contributed by atoms with Crippen LogP contribution < -0.4 is 0 Å². The van der Waals surface area contributed by atoms with Crippen LogP contribution in [0.5, 0.6) is 0 Å². The van der Waals surface area contributed by atoms with Gasteiger partial charge < -0.3 is 9.47 Å². The molecule has 43 heavy (non-hydrogen) atoms. The van der Waals surface area contributed by atoms with Crippen molar-refractivity contribution in [2.45, 2.75) is 73.5 Å². The minimum atomic E-state index is -1.10. The lowest BCUT2D eigenvalue weighted by atomic mass is 9.78. The van der Waals surface area contributed by atoms with Crippen LogP contribution in [0.25, 0.3) is 0 Å². The molecule has 0 aliphatic carbocycles. The zero-order valence-corrected chi connectivity index (χ0v) is 28.7. The molecule has 0 aliphatic rings. The second-order valence-corrected chi connectivity index (χ2v) is 12.3. The lowest BCUT2D eigenvalue weighted by Gasteiger charge is -2.23. The molecule has 3 rings (SSSR count). The van der Waals surface area contributed by atoms with Crippen LogP contribution in [0, 0.1) is 41.5 Å². The van der Waals surface area contributed by atoms with Gasteiger partial charge in [-0.3, -0.25) is 19.2 Å². The van der Waals surface area contributed by atoms with Gasteiger partial charge in [0.2, 0.25) is 0 Å². The molecule has 0 saturated heterocycles. The van der Waals surface area contributed by atoms with E-state index >= 15 is 0 Å². The normalized spacial score (nSPS) is 11.0. The molecule has 0 bridgehead atoms. The number of alkyl halides is 2. The van der Waals surface area contributed by atoms with Crippen LogP contribution in [-0.4, -0.2) is 34.2 Å². The summed E-state index contributed by atoms with van der Waals surface area (Å²) >= 11 is 6.51. The molecular weight excluding hydrogens is 676 g/mol. The summed E-state index contributed by atoms with van der Waals surface area (Å²) in [4.78, 5) is 53.3. The summed E-state index contributed by atoms with van der Waals surface area (Å²) in [6, 6.07) is 12.9. The van der Waals surface area contributed by atoms with Crippen molar-refractivity contribution < 1.29 is 28.7 Å². The Morgan fingerprint density at radius 2 is 1.02 bits per heavy atom. The smallest absolute Gasteiger partial charge is 0.306 e. The maximum Gasteiger partial charge on any atom is 0.306 e. The molecule has 0 aromatic heterocycles. The Morgan fingerprint density at radius 1 is 0.628 bits per heavy atom. The molecular formula is C35H38Br2O6. The van der Waals surface area contributed by atoms with Gasteiger partial charge >= 0.3 is 11.9 Å². The molecule has 0 N–H and O–H groups in total. The molecule has 0 atom stereocenters. The quantitative estimate of drug-likeness (QED) is 0.0772. The molecule has 0 spiro atoms. The Morgan fingerprint density at radius 3 is 1.40 bits per heavy atom. The number of carbonyl (C=O) groups excluding carboxylic acids is 4. The minimum Gasteiger partial charge on any atom is -0.461 e. The fourth-order valence-electron chi connectivity index (χ4n) is 5.62. The van der Waals surface area contributed by atoms with Gasteiger partial charge in [-0.25, -0.2) is 0 Å². The molecule has 0 unspecified atom stereocenters. The van der Waals surface area contributed by atoms with Crippen LogP contribution in [0.15, 0.2) is 42.5 Å². The van der Waals surface area contributed by atoms with Gasteiger partial charge in [0.1, 0.15) is 19.1 Å². The molecule has 0 aliphatic heterocycles. The number of rotatable bonds is 13. The summed E-state index contributed by atoms with van der Waals surface area (Å²) in [5.74, 6) is -2.40. The van der Waals surface area contributed by atoms with Crippen LogP contribution in [0.3, 0.4) is 0 Å². The van der Waals surface area contributed by atoms with Crippen molar-refractivity contribution in [1.29, 1.82) is 0 Å². The zero-order valence-electron chi connectivity index (χ0n) is 25.6. The number of Topliss-reactive ketones (excluding diaryl/α,β-unsaturated/α-hetero) is 2. The van der Waals surface area contributed by atoms with Gasteiger partial charge in [-0.2, -0.15) is 0 Å². The Bertz CT molecular complexity index is 1430. The third-order valence-electron chi connectivity index (χ3n) is 7.76. The summed E-state index contributed by atoms with van der Waals surface area (Å²) in [5.41, 5.74) is 7.71. The second kappa shape index (κ2) is 15.6. The molecule has 0 amide bonds. The van der Waals surface area contributed by atoms with Crippen molar-refractivity contribution in [3.05, 3.63) is 104 Å². The van der Waals surface area contributed by atoms with Crippen molar-refractivity contribution in [1.82, 2.24) is 0 Å². The Balaban J connectivity index is 2.14. The highest BCUT2D eigenvalue weighted by atomic mass is 79.9. The minimum absolute atomic E-state index is 0.0430. The van der Waals surface area contributed by atoms with Crippen molar-refractivity contribution in [3.8, 4) is 0 Å². The van der Waals surface area contributed by atoms with Gasteiger partial charge in [0.15, 0.2) is 11.6 Å². The van der Waals surface area contributed by atoms with Crippen LogP contribution >= 0.6 is 31.9 Å². The summed E-state index contributed by atoms with van der Waals surface area (Å²) in [6.45, 7) is 11.3. The van der Waals surface area contributed by atoms with Crippen LogP contribution in [0.4, 0.5) is 0 Å². The number of ether oxygens (including phenoxy) is 2. The SMILES string of the molecule is Cc1cc(C)c(C(=O)C(C(=O)c2c(C)cc(C)c(COC(=O)CCBr)c2C)c2ccccc2)c(C)c1COC(=O)CCBr. The molecule has 6 nitrogen and oxygen atoms in total. The van der Waals surface area contributed by atoms with E-state index in [1.807, 2.05) is 71.9 Å². The molecule has 228 valence electrons. The van der Waals surface area contributed by atoms with Gasteiger partial charge in [0.05, 0.1) is 12.8 Å². The van der Waals surface area contributed by atoms with E-state index in [-0.39, 0.29) is 49.6 Å². The molecule has 0 saturated carbocycles. The topological polar surface area (TPSA) is 86.7 Å². The average molecular weight is 714 g/mol. The lowest BCUT2D eigenvalue weighted by Crippen LogP contribution is -2.26. The number of benzene rings is 3. The fraction of sp³-hybridized carbons (Fsp3) is 0.371. The third-order valence-corrected chi connectivity index (χ3v) is 8.56. The van der Waals surface area contributed by atoms with Gasteiger partial charge in [-0.1, -0.05) is 74.3 Å². The van der Waals surface area contributed by atoms with E-state index in [0.717, 1.165) is 33.4 Å². The van der Waals surface area contributed by atoms with E-state index in [1.54, 1.807) is 12.1 Å². The number of hydrogen-bond acceptors (Lipinski definition) is 6. The number of esters is 2. The number of ketones is 2. The molecule has 8 heteroatoms. The first kappa shape index (κ1) is 34.4. The lowest BCUT2D eigenvalue weighted by molar-refractivity contribution is -0.145. The summed E-state index contributed by atoms with van der Waals surface area (Å²) < 4.78 is 11.0. The highest BCUT2D eigenvalue weighted by Gasteiger charge is 2.34. The van der Waals surface area contributed by atoms with Crippen molar-refractivity contribution in [2.75, 3.05) is 10.7 Å². The standard InChI is InChI=1S/C35H38Br2O6/c1-20-16-22(3)31(24(5)27(20)18-42-29(38)12-14-36)34(40)33(26-10-8-7-9-11-26)35(41)32-23(4)17-21(2)28(25(32)6)19-43-30(39)13-15-37/h7-11,16-17,33H,12-15,18-19H2,1-6H3. The van der Waals surface area contributed by atoms with Gasteiger partial charge in [-0.05, 0) is 91.6 Å².